The van der Waals surface area contributed by atoms with Crippen LogP contribution in [-0.4, -0.2) is 30.1 Å². The molecule has 242 valence electrons. The van der Waals surface area contributed by atoms with Crippen molar-refractivity contribution in [3.05, 3.63) is 53.6 Å². The minimum atomic E-state index is -1.27. The molecule has 0 saturated heterocycles. The summed E-state index contributed by atoms with van der Waals surface area (Å²) >= 11 is 0. The molecule has 41 heavy (non-hydrogen) atoms. The first-order valence-corrected chi connectivity index (χ1v) is 19.4. The summed E-state index contributed by atoms with van der Waals surface area (Å²) in [5, 5.41) is 3.30. The Hall–Kier alpha value is -1.40. The van der Waals surface area contributed by atoms with Crippen molar-refractivity contribution in [3.8, 4) is 0 Å². The van der Waals surface area contributed by atoms with Gasteiger partial charge < -0.3 is 5.32 Å². The van der Waals surface area contributed by atoms with Gasteiger partial charge in [0, 0.05) is 12.9 Å². The molecule has 0 bridgehead atoms. The Morgan fingerprint density at radius 1 is 0.829 bits per heavy atom. The number of nitrogens with one attached hydrogen (secondary N) is 1. The van der Waals surface area contributed by atoms with Gasteiger partial charge in [-0.2, -0.15) is 0 Å². The summed E-state index contributed by atoms with van der Waals surface area (Å²) in [6.07, 6.45) is 19.2. The molecular formula is C38H75NOP+. The van der Waals surface area contributed by atoms with E-state index in [2.05, 4.69) is 99.3 Å². The monoisotopic (exact) mass is 593 g/mol. The number of hydrogen-bond donors (Lipinski definition) is 1. The van der Waals surface area contributed by atoms with Crippen LogP contribution in [0.1, 0.15) is 152 Å². The van der Waals surface area contributed by atoms with Crippen LogP contribution in [0, 0.1) is 13.8 Å². The number of allylic oxidation sites excluding steroid dienone is 3. The number of carbonyl (C=O) groups is 1. The summed E-state index contributed by atoms with van der Waals surface area (Å²) in [5.74, 6) is 0.249. The van der Waals surface area contributed by atoms with Gasteiger partial charge in [-0.05, 0) is 65.0 Å². The summed E-state index contributed by atoms with van der Waals surface area (Å²) in [5.41, 5.74) is 4.60. The van der Waals surface area contributed by atoms with Crippen molar-refractivity contribution in [2.24, 2.45) is 0 Å². The predicted octanol–water partition coefficient (Wildman–Crippen LogP) is 13.4. The minimum absolute atomic E-state index is 0.158. The summed E-state index contributed by atoms with van der Waals surface area (Å²) in [6, 6.07) is 6.23. The van der Waals surface area contributed by atoms with Crippen molar-refractivity contribution < 1.29 is 4.79 Å². The van der Waals surface area contributed by atoms with Crippen LogP contribution in [0.3, 0.4) is 0 Å². The first-order valence-electron chi connectivity index (χ1n) is 17.0. The zero-order valence-electron chi connectivity index (χ0n) is 30.5. The highest BCUT2D eigenvalue weighted by atomic mass is 31.2. The van der Waals surface area contributed by atoms with E-state index in [9.17, 15) is 4.79 Å². The van der Waals surface area contributed by atoms with Crippen LogP contribution in [0.4, 0.5) is 5.69 Å². The van der Waals surface area contributed by atoms with Gasteiger partial charge in [-0.3, -0.25) is 4.79 Å². The average molecular weight is 593 g/mol. The fraction of sp³-hybridized carbons (Fsp3) is 0.711. The number of para-hydroxylation sites is 1. The molecule has 1 N–H and O–H groups in total. The van der Waals surface area contributed by atoms with Crippen molar-refractivity contribution >= 4 is 18.9 Å². The third-order valence-electron chi connectivity index (χ3n) is 6.75. The minimum Gasteiger partial charge on any atom is -0.322 e. The Labute approximate surface area is 261 Å². The first kappa shape index (κ1) is 46.6. The van der Waals surface area contributed by atoms with Crippen molar-refractivity contribution in [2.75, 3.05) is 23.8 Å². The number of amides is 1. The molecule has 2 nitrogen and oxygen atoms in total. The molecule has 0 fully saturated rings. The zero-order chi connectivity index (χ0) is 32.7. The van der Waals surface area contributed by atoms with E-state index in [-0.39, 0.29) is 11.6 Å². The van der Waals surface area contributed by atoms with Gasteiger partial charge in [-0.25, -0.2) is 0 Å². The lowest BCUT2D eigenvalue weighted by Gasteiger charge is -2.33. The van der Waals surface area contributed by atoms with E-state index in [1.807, 2.05) is 39.8 Å². The molecule has 1 aromatic carbocycles. The summed E-state index contributed by atoms with van der Waals surface area (Å²) in [4.78, 5) is 13.3. The second-order valence-electron chi connectivity index (χ2n) is 10.9. The van der Waals surface area contributed by atoms with E-state index >= 15 is 0 Å². The third-order valence-corrected chi connectivity index (χ3v) is 12.3. The van der Waals surface area contributed by atoms with Gasteiger partial charge in [-0.15, -0.1) is 0 Å². The Morgan fingerprint density at radius 3 is 1.44 bits per heavy atom. The fourth-order valence-corrected chi connectivity index (χ4v) is 9.34. The number of carbonyl (C=O) groups excluding carboxylic acids is 1. The van der Waals surface area contributed by atoms with Crippen LogP contribution in [0.5, 0.6) is 0 Å². The van der Waals surface area contributed by atoms with Crippen LogP contribution in [-0.2, 0) is 4.79 Å². The largest absolute Gasteiger partial charge is 0.322 e. The molecule has 0 saturated carbocycles. The zero-order valence-corrected chi connectivity index (χ0v) is 31.4. The Kier molecular flexibility index (Phi) is 37.6. The lowest BCUT2D eigenvalue weighted by molar-refractivity contribution is -0.115. The van der Waals surface area contributed by atoms with Crippen LogP contribution in [0.15, 0.2) is 42.5 Å². The Bertz CT molecular complexity index is 709. The van der Waals surface area contributed by atoms with E-state index in [0.29, 0.717) is 0 Å². The molecule has 0 heterocycles. The van der Waals surface area contributed by atoms with Crippen LogP contribution in [0.2, 0.25) is 0 Å². The van der Waals surface area contributed by atoms with Crippen LogP contribution >= 0.6 is 7.26 Å². The average Bonchev–Trinajstić information content (AvgIpc) is 2.96. The molecule has 1 atom stereocenters. The molecule has 1 aromatic rings. The number of hydrogen-bond acceptors (Lipinski definition) is 1. The second-order valence-corrected chi connectivity index (χ2v) is 15.5. The van der Waals surface area contributed by atoms with E-state index in [1.54, 1.807) is 0 Å². The summed E-state index contributed by atoms with van der Waals surface area (Å²) in [6.45, 7) is 33.4. The lowest BCUT2D eigenvalue weighted by Crippen LogP contribution is -2.32. The maximum Gasteiger partial charge on any atom is 0.264 e. The van der Waals surface area contributed by atoms with E-state index in [1.165, 1.54) is 76.3 Å². The molecular weight excluding hydrogens is 517 g/mol. The first-order chi connectivity index (χ1) is 19.5. The highest BCUT2D eigenvalue weighted by Gasteiger charge is 2.45. The van der Waals surface area contributed by atoms with Crippen molar-refractivity contribution in [3.63, 3.8) is 0 Å². The lowest BCUT2D eigenvalue weighted by atomic mass is 10.1. The number of unbranched alkanes of at least 4 members (excludes halogenated alkanes) is 4. The molecule has 0 aromatic heterocycles. The van der Waals surface area contributed by atoms with Crippen molar-refractivity contribution in [1.82, 2.24) is 0 Å². The SMILES string of the molecule is C=C(C)/C=C\C.CC.CCC.CCCC.CCCC[P+](CCCC)(CCCC)C(C)C(=O)Nc1c(C)cccc1C. The van der Waals surface area contributed by atoms with E-state index < -0.39 is 7.26 Å². The molecule has 0 aliphatic carbocycles. The number of anilines is 1. The van der Waals surface area contributed by atoms with Gasteiger partial charge in [0.25, 0.3) is 5.91 Å². The van der Waals surface area contributed by atoms with Crippen LogP contribution in [0.25, 0.3) is 0 Å². The van der Waals surface area contributed by atoms with Crippen LogP contribution < -0.4 is 5.32 Å². The maximum atomic E-state index is 13.3. The molecule has 1 unspecified atom stereocenters. The van der Waals surface area contributed by atoms with Gasteiger partial charge >= 0.3 is 0 Å². The topological polar surface area (TPSA) is 29.1 Å². The Balaban J connectivity index is -0.000000377. The van der Waals surface area contributed by atoms with Gasteiger partial charge in [0.05, 0.1) is 18.5 Å². The maximum absolute atomic E-state index is 13.3. The molecule has 1 amide bonds. The standard InChI is InChI=1S/C23H40NOP.C6H10.C4H10.C3H8.C2H6/c1-7-10-16-26(17-11-8-2,18-12-9-3)21(6)23(25)24-22-19(4)14-13-15-20(22)5;1-4-5-6(2)3;1-3-4-2;1-3-2;1-2/h13-15,21H,7-12,16-18H2,1-6H3;4-5H,2H2,1,3H3;3-4H2,1-2H3;3H2,1-2H3;1-2H3/p+1/b;5-4-;;;. The molecule has 1 rings (SSSR count). The van der Waals surface area contributed by atoms with E-state index in [0.717, 1.165) is 22.4 Å². The quantitative estimate of drug-likeness (QED) is 0.169. The molecule has 0 aliphatic heterocycles. The number of rotatable bonds is 14. The van der Waals surface area contributed by atoms with Gasteiger partial charge in [0.2, 0.25) is 0 Å². The van der Waals surface area contributed by atoms with Crippen molar-refractivity contribution in [1.29, 1.82) is 0 Å². The smallest absolute Gasteiger partial charge is 0.264 e. The number of benzene rings is 1. The molecule has 0 aliphatic rings. The molecule has 3 heteroatoms. The highest BCUT2D eigenvalue weighted by Crippen LogP contribution is 2.64. The van der Waals surface area contributed by atoms with Gasteiger partial charge in [0.15, 0.2) is 0 Å². The normalized spacial score (nSPS) is 10.9. The van der Waals surface area contributed by atoms with Gasteiger partial charge in [-0.1, -0.05) is 143 Å². The fourth-order valence-electron chi connectivity index (χ4n) is 4.11. The molecule has 0 radical (unpaired) electrons. The van der Waals surface area contributed by atoms with E-state index in [4.69, 9.17) is 0 Å². The third kappa shape index (κ3) is 24.9. The summed E-state index contributed by atoms with van der Waals surface area (Å²) in [7, 11) is -1.27. The van der Waals surface area contributed by atoms with Crippen molar-refractivity contribution in [2.45, 2.75) is 160 Å². The summed E-state index contributed by atoms with van der Waals surface area (Å²) < 4.78 is 0. The predicted molar refractivity (Wildman–Crippen MR) is 198 cm³/mol. The molecule has 0 spiro atoms. The second kappa shape index (κ2) is 33.1. The Morgan fingerprint density at radius 2 is 1.20 bits per heavy atom. The van der Waals surface area contributed by atoms with Gasteiger partial charge in [0.1, 0.15) is 5.66 Å². The highest BCUT2D eigenvalue weighted by molar-refractivity contribution is 7.77. The number of aryl methyl sites for hydroxylation is 2.